The molecule has 0 aliphatic carbocycles. The first-order valence-corrected chi connectivity index (χ1v) is 6.76. The summed E-state index contributed by atoms with van der Waals surface area (Å²) in [5.41, 5.74) is 0.101. The number of nitrogens with zero attached hydrogens (tertiary/aromatic N) is 1. The third-order valence-electron chi connectivity index (χ3n) is 3.60. The number of aromatic hydroxyl groups is 1. The molecule has 106 valence electrons. The van der Waals surface area contributed by atoms with Crippen LogP contribution in [0, 0.1) is 11.6 Å². The van der Waals surface area contributed by atoms with Gasteiger partial charge in [-0.1, -0.05) is 13.3 Å². The van der Waals surface area contributed by atoms with Crippen LogP contribution in [-0.4, -0.2) is 36.2 Å². The van der Waals surface area contributed by atoms with Crippen LogP contribution >= 0.6 is 0 Å². The fraction of sp³-hybridized carbons (Fsp3) is 0.571. The summed E-state index contributed by atoms with van der Waals surface area (Å²) in [5, 5.41) is 13.1. The van der Waals surface area contributed by atoms with Crippen molar-refractivity contribution in [1.29, 1.82) is 0 Å². The molecule has 0 saturated carbocycles. The first-order valence-electron chi connectivity index (χ1n) is 6.76. The highest BCUT2D eigenvalue weighted by molar-refractivity contribution is 5.37. The van der Waals surface area contributed by atoms with Crippen LogP contribution in [0.4, 0.5) is 8.78 Å². The van der Waals surface area contributed by atoms with Crippen molar-refractivity contribution in [3.8, 4) is 5.75 Å². The summed E-state index contributed by atoms with van der Waals surface area (Å²) < 4.78 is 27.5. The molecule has 0 aromatic heterocycles. The molecule has 1 aliphatic rings. The maximum absolute atomic E-state index is 14.0. The Hall–Kier alpha value is -1.20. The number of phenols is 1. The van der Waals surface area contributed by atoms with Crippen LogP contribution in [0.15, 0.2) is 12.1 Å². The van der Waals surface area contributed by atoms with Crippen LogP contribution in [0.2, 0.25) is 0 Å². The van der Waals surface area contributed by atoms with Gasteiger partial charge >= 0.3 is 0 Å². The predicted octanol–water partition coefficient (Wildman–Crippen LogP) is 2.42. The number of rotatable bonds is 4. The highest BCUT2D eigenvalue weighted by Gasteiger charge is 2.27. The summed E-state index contributed by atoms with van der Waals surface area (Å²) in [6, 6.07) is 1.80. The minimum atomic E-state index is -0.757. The highest BCUT2D eigenvalue weighted by atomic mass is 19.1. The molecular formula is C14H20F2N2O. The summed E-state index contributed by atoms with van der Waals surface area (Å²) in [4.78, 5) is 2.11. The number of piperazine rings is 1. The van der Waals surface area contributed by atoms with Gasteiger partial charge in [-0.05, 0) is 18.6 Å². The van der Waals surface area contributed by atoms with E-state index in [1.807, 2.05) is 6.92 Å². The van der Waals surface area contributed by atoms with E-state index in [0.29, 0.717) is 6.42 Å². The molecular weight excluding hydrogens is 250 g/mol. The molecule has 0 radical (unpaired) electrons. The van der Waals surface area contributed by atoms with Crippen LogP contribution in [-0.2, 0) is 0 Å². The minimum Gasteiger partial charge on any atom is -0.505 e. The van der Waals surface area contributed by atoms with Crippen molar-refractivity contribution in [2.75, 3.05) is 26.2 Å². The number of halogens is 2. The van der Waals surface area contributed by atoms with Gasteiger partial charge in [0.25, 0.3) is 0 Å². The number of hydrogen-bond acceptors (Lipinski definition) is 3. The molecule has 19 heavy (non-hydrogen) atoms. The molecule has 0 bridgehead atoms. The molecule has 0 amide bonds. The van der Waals surface area contributed by atoms with E-state index in [4.69, 9.17) is 0 Å². The van der Waals surface area contributed by atoms with Crippen molar-refractivity contribution in [3.05, 3.63) is 29.3 Å². The Morgan fingerprint density at radius 3 is 2.53 bits per heavy atom. The average molecular weight is 270 g/mol. The van der Waals surface area contributed by atoms with Crippen LogP contribution in [0.25, 0.3) is 0 Å². The maximum atomic E-state index is 14.0. The Labute approximate surface area is 112 Å². The van der Waals surface area contributed by atoms with E-state index in [1.54, 1.807) is 0 Å². The number of nitrogens with one attached hydrogen (secondary N) is 1. The van der Waals surface area contributed by atoms with Gasteiger partial charge in [0, 0.05) is 37.8 Å². The van der Waals surface area contributed by atoms with Gasteiger partial charge in [0.2, 0.25) is 0 Å². The summed E-state index contributed by atoms with van der Waals surface area (Å²) in [6.07, 6.45) is 1.55. The molecule has 1 saturated heterocycles. The number of phenolic OH excluding ortho intramolecular Hbond substituents is 1. The van der Waals surface area contributed by atoms with Crippen LogP contribution in [0.1, 0.15) is 31.4 Å². The minimum absolute atomic E-state index is 0.101. The van der Waals surface area contributed by atoms with Crippen molar-refractivity contribution >= 4 is 0 Å². The zero-order valence-electron chi connectivity index (χ0n) is 11.1. The maximum Gasteiger partial charge on any atom is 0.165 e. The first-order chi connectivity index (χ1) is 9.15. The van der Waals surface area contributed by atoms with E-state index >= 15 is 0 Å². The summed E-state index contributed by atoms with van der Waals surface area (Å²) in [6.45, 7) is 5.22. The van der Waals surface area contributed by atoms with Crippen LogP contribution in [0.5, 0.6) is 5.75 Å². The standard InChI is InChI=1S/C14H20F2N2O/c1-2-3-12(18-8-6-17-7-9-18)13-10(15)4-5-11(16)14(13)19/h4-5,12,17,19H,2-3,6-9H2,1H3/t12-/m1/s1. The predicted molar refractivity (Wildman–Crippen MR) is 70.1 cm³/mol. The third-order valence-corrected chi connectivity index (χ3v) is 3.60. The molecule has 1 atom stereocenters. The van der Waals surface area contributed by atoms with Crippen molar-refractivity contribution < 1.29 is 13.9 Å². The molecule has 1 aromatic rings. The molecule has 3 nitrogen and oxygen atoms in total. The van der Waals surface area contributed by atoms with Gasteiger partial charge in [-0.3, -0.25) is 4.90 Å². The third kappa shape index (κ3) is 3.04. The van der Waals surface area contributed by atoms with E-state index in [9.17, 15) is 13.9 Å². The van der Waals surface area contributed by atoms with Gasteiger partial charge in [0.05, 0.1) is 0 Å². The lowest BCUT2D eigenvalue weighted by Crippen LogP contribution is -2.45. The topological polar surface area (TPSA) is 35.5 Å². The average Bonchev–Trinajstić information content (AvgIpc) is 2.43. The highest BCUT2D eigenvalue weighted by Crippen LogP contribution is 2.35. The normalized spacial score (nSPS) is 18.5. The first kappa shape index (κ1) is 14.2. The Balaban J connectivity index is 2.35. The smallest absolute Gasteiger partial charge is 0.165 e. The van der Waals surface area contributed by atoms with Crippen LogP contribution in [0.3, 0.4) is 0 Å². The zero-order chi connectivity index (χ0) is 13.8. The fourth-order valence-corrected chi connectivity index (χ4v) is 2.65. The molecule has 1 aliphatic heterocycles. The Morgan fingerprint density at radius 1 is 1.26 bits per heavy atom. The van der Waals surface area contributed by atoms with Crippen molar-refractivity contribution in [2.45, 2.75) is 25.8 Å². The second-order valence-electron chi connectivity index (χ2n) is 4.88. The summed E-state index contributed by atoms with van der Waals surface area (Å²) in [7, 11) is 0. The van der Waals surface area contributed by atoms with E-state index < -0.39 is 17.4 Å². The van der Waals surface area contributed by atoms with Crippen molar-refractivity contribution in [2.24, 2.45) is 0 Å². The lowest BCUT2D eigenvalue weighted by atomic mass is 9.98. The van der Waals surface area contributed by atoms with E-state index in [2.05, 4.69) is 10.2 Å². The Kier molecular flexibility index (Phi) is 4.71. The fourth-order valence-electron chi connectivity index (χ4n) is 2.65. The monoisotopic (exact) mass is 270 g/mol. The zero-order valence-corrected chi connectivity index (χ0v) is 11.1. The lowest BCUT2D eigenvalue weighted by molar-refractivity contribution is 0.158. The quantitative estimate of drug-likeness (QED) is 0.882. The lowest BCUT2D eigenvalue weighted by Gasteiger charge is -2.35. The van der Waals surface area contributed by atoms with E-state index in [-0.39, 0.29) is 11.6 Å². The Bertz CT molecular complexity index is 434. The Morgan fingerprint density at radius 2 is 1.89 bits per heavy atom. The molecule has 1 heterocycles. The van der Waals surface area contributed by atoms with Crippen LogP contribution < -0.4 is 5.32 Å². The van der Waals surface area contributed by atoms with E-state index in [0.717, 1.165) is 44.7 Å². The molecule has 5 heteroatoms. The molecule has 2 rings (SSSR count). The summed E-state index contributed by atoms with van der Waals surface area (Å²) >= 11 is 0. The van der Waals surface area contributed by atoms with Gasteiger partial charge in [0.15, 0.2) is 11.6 Å². The van der Waals surface area contributed by atoms with Crippen molar-refractivity contribution in [3.63, 3.8) is 0 Å². The molecule has 1 aromatic carbocycles. The molecule has 0 spiro atoms. The molecule has 2 N–H and O–H groups in total. The van der Waals surface area contributed by atoms with E-state index in [1.165, 1.54) is 0 Å². The van der Waals surface area contributed by atoms with Crippen molar-refractivity contribution in [1.82, 2.24) is 10.2 Å². The van der Waals surface area contributed by atoms with Gasteiger partial charge < -0.3 is 10.4 Å². The molecule has 0 unspecified atom stereocenters. The number of benzene rings is 1. The largest absolute Gasteiger partial charge is 0.505 e. The van der Waals surface area contributed by atoms with Gasteiger partial charge in [0.1, 0.15) is 5.82 Å². The van der Waals surface area contributed by atoms with Gasteiger partial charge in [-0.2, -0.15) is 0 Å². The summed E-state index contributed by atoms with van der Waals surface area (Å²) in [5.74, 6) is -1.83. The SMILES string of the molecule is CCC[C@H](c1c(F)ccc(F)c1O)N1CCNCC1. The van der Waals surface area contributed by atoms with Gasteiger partial charge in [-0.25, -0.2) is 8.78 Å². The van der Waals surface area contributed by atoms with Gasteiger partial charge in [-0.15, -0.1) is 0 Å². The second-order valence-corrected chi connectivity index (χ2v) is 4.88. The number of hydrogen-bond donors (Lipinski definition) is 2. The molecule has 1 fully saturated rings. The second kappa shape index (κ2) is 6.30.